The van der Waals surface area contributed by atoms with Gasteiger partial charge < -0.3 is 19.7 Å². The quantitative estimate of drug-likeness (QED) is 0.695. The summed E-state index contributed by atoms with van der Waals surface area (Å²) in [7, 11) is 4.66. The number of benzene rings is 2. The highest BCUT2D eigenvalue weighted by molar-refractivity contribution is 5.85. The number of nitrogens with one attached hydrogen (secondary N) is 1. The third-order valence-corrected chi connectivity index (χ3v) is 4.29. The van der Waals surface area contributed by atoms with E-state index in [0.29, 0.717) is 17.1 Å². The first-order chi connectivity index (χ1) is 13.2. The second kappa shape index (κ2) is 10.2. The van der Waals surface area contributed by atoms with Crippen molar-refractivity contribution in [2.24, 2.45) is 0 Å². The van der Waals surface area contributed by atoms with E-state index in [9.17, 15) is 18.0 Å². The fourth-order valence-electron chi connectivity index (χ4n) is 2.70. The van der Waals surface area contributed by atoms with Crippen LogP contribution in [0.1, 0.15) is 29.7 Å². The molecule has 9 heteroatoms. The van der Waals surface area contributed by atoms with E-state index < -0.39 is 11.7 Å². The normalized spacial score (nSPS) is 11.8. The number of hydrogen-bond donors (Lipinski definition) is 1. The number of rotatable bonds is 6. The summed E-state index contributed by atoms with van der Waals surface area (Å²) < 4.78 is 48.5. The summed E-state index contributed by atoms with van der Waals surface area (Å²) in [6.07, 6.45) is -4.38. The van der Waals surface area contributed by atoms with Gasteiger partial charge in [0.25, 0.3) is 0 Å². The molecule has 0 bridgehead atoms. The van der Waals surface area contributed by atoms with Crippen molar-refractivity contribution >= 4 is 18.4 Å². The van der Waals surface area contributed by atoms with Crippen LogP contribution in [0.5, 0.6) is 11.5 Å². The van der Waals surface area contributed by atoms with Gasteiger partial charge in [0, 0.05) is 19.2 Å². The molecule has 0 fully saturated rings. The Morgan fingerprint density at radius 2 is 1.72 bits per heavy atom. The van der Waals surface area contributed by atoms with E-state index in [0.717, 1.165) is 17.7 Å². The molecule has 2 amide bonds. The van der Waals surface area contributed by atoms with E-state index in [1.807, 2.05) is 0 Å². The number of alkyl halides is 3. The standard InChI is InChI=1S/C20H23F3N2O3.ClH/c1-13(17-11-16(27-3)9-10-18(17)28-4)24-19(26)25(2)12-14-5-7-15(8-6-14)20(21,22)23;/h5-11,13H,12H2,1-4H3,(H,24,26);1H. The Bertz CT molecular complexity index is 814. The molecular weight excluding hydrogens is 409 g/mol. The van der Waals surface area contributed by atoms with Crippen LogP contribution in [-0.2, 0) is 12.7 Å². The zero-order valence-corrected chi connectivity index (χ0v) is 17.4. The van der Waals surface area contributed by atoms with Gasteiger partial charge in [-0.3, -0.25) is 0 Å². The topological polar surface area (TPSA) is 50.8 Å². The average molecular weight is 433 g/mol. The molecule has 1 N–H and O–H groups in total. The molecule has 0 saturated carbocycles. The van der Waals surface area contributed by atoms with Crippen molar-refractivity contribution in [2.45, 2.75) is 25.7 Å². The lowest BCUT2D eigenvalue weighted by molar-refractivity contribution is -0.137. The van der Waals surface area contributed by atoms with Gasteiger partial charge in [-0.05, 0) is 42.8 Å². The Balaban J connectivity index is 0.00000420. The van der Waals surface area contributed by atoms with E-state index in [-0.39, 0.29) is 31.0 Å². The maximum atomic E-state index is 12.6. The number of carbonyl (C=O) groups is 1. The van der Waals surface area contributed by atoms with Crippen LogP contribution in [0.2, 0.25) is 0 Å². The minimum atomic E-state index is -4.38. The van der Waals surface area contributed by atoms with Gasteiger partial charge in [0.05, 0.1) is 25.8 Å². The summed E-state index contributed by atoms with van der Waals surface area (Å²) in [4.78, 5) is 13.9. The Labute approximate surface area is 174 Å². The van der Waals surface area contributed by atoms with E-state index in [1.54, 1.807) is 39.3 Å². The summed E-state index contributed by atoms with van der Waals surface area (Å²) in [5.41, 5.74) is 0.623. The number of amides is 2. The molecule has 5 nitrogen and oxygen atoms in total. The largest absolute Gasteiger partial charge is 0.497 e. The Kier molecular flexibility index (Phi) is 8.63. The first-order valence-corrected chi connectivity index (χ1v) is 8.55. The summed E-state index contributed by atoms with van der Waals surface area (Å²) in [5, 5.41) is 2.85. The van der Waals surface area contributed by atoms with Crippen LogP contribution in [0.15, 0.2) is 42.5 Å². The monoisotopic (exact) mass is 432 g/mol. The number of urea groups is 1. The second-order valence-electron chi connectivity index (χ2n) is 6.33. The summed E-state index contributed by atoms with van der Waals surface area (Å²) in [6.45, 7) is 1.98. The van der Waals surface area contributed by atoms with Crippen LogP contribution < -0.4 is 14.8 Å². The number of hydrogen-bond acceptors (Lipinski definition) is 3. The molecule has 29 heavy (non-hydrogen) atoms. The summed E-state index contributed by atoms with van der Waals surface area (Å²) in [6, 6.07) is 9.29. The van der Waals surface area contributed by atoms with Crippen LogP contribution in [0.3, 0.4) is 0 Å². The molecule has 0 radical (unpaired) electrons. The molecule has 2 aromatic rings. The Morgan fingerprint density at radius 1 is 1.10 bits per heavy atom. The van der Waals surface area contributed by atoms with Gasteiger partial charge in [-0.25, -0.2) is 4.79 Å². The number of nitrogens with zero attached hydrogens (tertiary/aromatic N) is 1. The van der Waals surface area contributed by atoms with Gasteiger partial charge in [-0.2, -0.15) is 13.2 Å². The van der Waals surface area contributed by atoms with Crippen molar-refractivity contribution in [2.75, 3.05) is 21.3 Å². The number of ether oxygens (including phenoxy) is 2. The van der Waals surface area contributed by atoms with Crippen molar-refractivity contribution in [1.29, 1.82) is 0 Å². The molecule has 160 valence electrons. The third kappa shape index (κ3) is 6.45. The minimum absolute atomic E-state index is 0. The molecular formula is C20H24ClF3N2O3. The number of carbonyl (C=O) groups excluding carboxylic acids is 1. The molecule has 0 spiro atoms. The van der Waals surface area contributed by atoms with Crippen LogP contribution in [-0.4, -0.2) is 32.2 Å². The van der Waals surface area contributed by atoms with Gasteiger partial charge in [0.1, 0.15) is 11.5 Å². The first-order valence-electron chi connectivity index (χ1n) is 8.55. The van der Waals surface area contributed by atoms with E-state index >= 15 is 0 Å². The summed E-state index contributed by atoms with van der Waals surface area (Å²) >= 11 is 0. The maximum Gasteiger partial charge on any atom is 0.416 e. The van der Waals surface area contributed by atoms with Gasteiger partial charge in [0.2, 0.25) is 0 Å². The molecule has 0 aliphatic heterocycles. The first kappa shape index (κ1) is 24.4. The van der Waals surface area contributed by atoms with Gasteiger partial charge in [0.15, 0.2) is 0 Å². The molecule has 2 rings (SSSR count). The van der Waals surface area contributed by atoms with Gasteiger partial charge in [-0.1, -0.05) is 12.1 Å². The van der Waals surface area contributed by atoms with E-state index in [4.69, 9.17) is 9.47 Å². The SMILES string of the molecule is COc1ccc(OC)c(C(C)NC(=O)N(C)Cc2ccc(C(F)(F)F)cc2)c1.Cl. The average Bonchev–Trinajstić information content (AvgIpc) is 2.66. The van der Waals surface area contributed by atoms with Gasteiger partial charge in [-0.15, -0.1) is 12.4 Å². The van der Waals surface area contributed by atoms with Crippen LogP contribution in [0.25, 0.3) is 0 Å². The zero-order valence-electron chi connectivity index (χ0n) is 16.5. The molecule has 0 aliphatic carbocycles. The third-order valence-electron chi connectivity index (χ3n) is 4.29. The highest BCUT2D eigenvalue weighted by atomic mass is 35.5. The predicted octanol–water partition coefficient (Wildman–Crippen LogP) is 5.05. The number of methoxy groups -OCH3 is 2. The van der Waals surface area contributed by atoms with Gasteiger partial charge >= 0.3 is 12.2 Å². The molecule has 0 saturated heterocycles. The van der Waals surface area contributed by atoms with Crippen LogP contribution >= 0.6 is 12.4 Å². The lowest BCUT2D eigenvalue weighted by Crippen LogP contribution is -2.38. The molecule has 0 heterocycles. The van der Waals surface area contributed by atoms with Crippen molar-refractivity contribution in [3.63, 3.8) is 0 Å². The summed E-state index contributed by atoms with van der Waals surface area (Å²) in [5.74, 6) is 1.24. The Hall–Kier alpha value is -2.61. The maximum absolute atomic E-state index is 12.6. The van der Waals surface area contributed by atoms with Crippen LogP contribution in [0, 0.1) is 0 Å². The predicted molar refractivity (Wildman–Crippen MR) is 107 cm³/mol. The van der Waals surface area contributed by atoms with Crippen molar-refractivity contribution in [1.82, 2.24) is 10.2 Å². The Morgan fingerprint density at radius 3 is 2.24 bits per heavy atom. The van der Waals surface area contributed by atoms with Crippen molar-refractivity contribution in [3.8, 4) is 11.5 Å². The fraction of sp³-hybridized carbons (Fsp3) is 0.350. The van der Waals surface area contributed by atoms with Crippen molar-refractivity contribution < 1.29 is 27.4 Å². The molecule has 2 aromatic carbocycles. The molecule has 1 unspecified atom stereocenters. The van der Waals surface area contributed by atoms with E-state index in [2.05, 4.69) is 5.32 Å². The lowest BCUT2D eigenvalue weighted by Gasteiger charge is -2.23. The minimum Gasteiger partial charge on any atom is -0.497 e. The van der Waals surface area contributed by atoms with Crippen LogP contribution in [0.4, 0.5) is 18.0 Å². The van der Waals surface area contributed by atoms with E-state index in [1.165, 1.54) is 24.1 Å². The van der Waals surface area contributed by atoms with Crippen molar-refractivity contribution in [3.05, 3.63) is 59.2 Å². The lowest BCUT2D eigenvalue weighted by atomic mass is 10.1. The highest BCUT2D eigenvalue weighted by Crippen LogP contribution is 2.30. The zero-order chi connectivity index (χ0) is 20.9. The molecule has 0 aliphatic rings. The smallest absolute Gasteiger partial charge is 0.416 e. The molecule has 0 aromatic heterocycles. The fourth-order valence-corrected chi connectivity index (χ4v) is 2.70. The second-order valence-corrected chi connectivity index (χ2v) is 6.33. The number of halogens is 4. The molecule has 1 atom stereocenters. The highest BCUT2D eigenvalue weighted by Gasteiger charge is 2.30.